The number of hydrogen-bond donors (Lipinski definition) is 1. The Hall–Kier alpha value is -2.79. The number of amides is 1. The lowest BCUT2D eigenvalue weighted by molar-refractivity contribution is 0.0232. The maximum Gasteiger partial charge on any atom is 0.257 e. The molecule has 1 aromatic heterocycles. The van der Waals surface area contributed by atoms with Gasteiger partial charge in [-0.1, -0.05) is 29.8 Å². The lowest BCUT2D eigenvalue weighted by Gasteiger charge is -2.26. The van der Waals surface area contributed by atoms with Gasteiger partial charge in [-0.25, -0.2) is 0 Å². The molecule has 1 aliphatic heterocycles. The molecule has 0 spiro atoms. The fourth-order valence-corrected chi connectivity index (χ4v) is 4.54. The fourth-order valence-electron chi connectivity index (χ4n) is 4.41. The van der Waals surface area contributed by atoms with Crippen molar-refractivity contribution >= 4 is 28.4 Å². The van der Waals surface area contributed by atoms with Crippen molar-refractivity contribution in [2.24, 2.45) is 0 Å². The molecule has 1 saturated heterocycles. The van der Waals surface area contributed by atoms with Crippen LogP contribution in [-0.2, 0) is 38.6 Å². The zero-order chi connectivity index (χ0) is 27.5. The highest BCUT2D eigenvalue weighted by atomic mass is 35.5. The number of hydrogen-bond acceptors (Lipinski definition) is 7. The van der Waals surface area contributed by atoms with Crippen LogP contribution in [0.2, 0.25) is 5.02 Å². The second-order valence-corrected chi connectivity index (χ2v) is 9.77. The highest BCUT2D eigenvalue weighted by Crippen LogP contribution is 2.17. The van der Waals surface area contributed by atoms with Gasteiger partial charge in [0.05, 0.1) is 51.8 Å². The number of carbonyl (C=O) groups is 1. The first-order valence-corrected chi connectivity index (χ1v) is 13.6. The summed E-state index contributed by atoms with van der Waals surface area (Å²) >= 11 is 5.97. The summed E-state index contributed by atoms with van der Waals surface area (Å²) in [6.45, 7) is 6.98. The molecule has 3 aromatic rings. The number of methoxy groups -OCH3 is 1. The van der Waals surface area contributed by atoms with Gasteiger partial charge in [-0.3, -0.25) is 14.5 Å². The van der Waals surface area contributed by atoms with Gasteiger partial charge >= 0.3 is 0 Å². The highest BCUT2D eigenvalue weighted by Gasteiger charge is 2.17. The number of halogens is 1. The van der Waals surface area contributed by atoms with Crippen LogP contribution in [0.5, 0.6) is 0 Å². The second-order valence-electron chi connectivity index (χ2n) is 9.33. The number of aromatic nitrogens is 1. The summed E-state index contributed by atoms with van der Waals surface area (Å²) in [5.74, 6) is -0.420. The van der Waals surface area contributed by atoms with E-state index in [-0.39, 0.29) is 17.5 Å². The normalized spacial score (nSPS) is 14.1. The minimum Gasteiger partial charge on any atom is -0.382 e. The molecular weight excluding hydrogens is 522 g/mol. The number of carbonyl (C=O) groups excluding carboxylic acids is 1. The van der Waals surface area contributed by atoms with E-state index in [0.29, 0.717) is 63.2 Å². The molecule has 1 amide bonds. The molecule has 39 heavy (non-hydrogen) atoms. The quantitative estimate of drug-likeness (QED) is 0.305. The molecular formula is C29H36ClN3O6. The van der Waals surface area contributed by atoms with Crippen molar-refractivity contribution in [2.45, 2.75) is 19.6 Å². The lowest BCUT2D eigenvalue weighted by Crippen LogP contribution is -2.35. The van der Waals surface area contributed by atoms with Gasteiger partial charge in [0, 0.05) is 56.4 Å². The number of nitrogens with one attached hydrogen (secondary N) is 1. The fraction of sp³-hybridized carbons (Fsp3) is 0.448. The monoisotopic (exact) mass is 557 g/mol. The number of nitrogens with zero attached hydrogens (tertiary/aromatic N) is 2. The van der Waals surface area contributed by atoms with Crippen LogP contribution in [0.25, 0.3) is 10.9 Å². The molecule has 2 heterocycles. The van der Waals surface area contributed by atoms with Gasteiger partial charge in [0.2, 0.25) is 5.43 Å². The molecule has 0 saturated carbocycles. The third kappa shape index (κ3) is 8.60. The van der Waals surface area contributed by atoms with Crippen molar-refractivity contribution in [3.8, 4) is 0 Å². The largest absolute Gasteiger partial charge is 0.382 e. The number of benzene rings is 2. The molecule has 0 bridgehead atoms. The first kappa shape index (κ1) is 29.2. The van der Waals surface area contributed by atoms with Gasteiger partial charge in [0.15, 0.2) is 0 Å². The molecule has 0 radical (unpaired) electrons. The summed E-state index contributed by atoms with van der Waals surface area (Å²) in [6, 6.07) is 13.1. The predicted molar refractivity (Wildman–Crippen MR) is 150 cm³/mol. The van der Waals surface area contributed by atoms with Gasteiger partial charge in [-0.15, -0.1) is 0 Å². The van der Waals surface area contributed by atoms with Gasteiger partial charge < -0.3 is 28.8 Å². The number of fused-ring (bicyclic) bond motifs is 1. The standard InChI is InChI=1S/C29H36ClN3O6/c1-36-14-15-39-17-16-38-13-10-33-21-26(29(35)31-19-22-2-5-24(30)6-3-22)28(34)25-18-23(4-7-27(25)33)20-32-8-11-37-12-9-32/h2-7,18,21H,8-17,19-20H2,1H3,(H,31,35). The molecule has 210 valence electrons. The lowest BCUT2D eigenvalue weighted by atomic mass is 10.1. The van der Waals surface area contributed by atoms with E-state index >= 15 is 0 Å². The summed E-state index contributed by atoms with van der Waals surface area (Å²) in [7, 11) is 1.63. The molecule has 0 unspecified atom stereocenters. The first-order chi connectivity index (χ1) is 19.0. The summed E-state index contributed by atoms with van der Waals surface area (Å²) in [4.78, 5) is 29.0. The van der Waals surface area contributed by atoms with E-state index in [2.05, 4.69) is 10.2 Å². The van der Waals surface area contributed by atoms with E-state index in [1.54, 1.807) is 25.4 Å². The molecule has 0 aliphatic carbocycles. The van der Waals surface area contributed by atoms with Crippen LogP contribution in [0.1, 0.15) is 21.5 Å². The molecule has 10 heteroatoms. The number of pyridine rings is 1. The molecule has 1 fully saturated rings. The van der Waals surface area contributed by atoms with E-state index in [9.17, 15) is 9.59 Å². The second kappa shape index (κ2) is 15.1. The molecule has 4 rings (SSSR count). The van der Waals surface area contributed by atoms with E-state index in [4.69, 9.17) is 30.5 Å². The Kier molecular flexibility index (Phi) is 11.3. The van der Waals surface area contributed by atoms with Crippen LogP contribution in [0, 0.1) is 0 Å². The maximum atomic E-state index is 13.5. The van der Waals surface area contributed by atoms with Crippen LogP contribution >= 0.6 is 11.6 Å². The number of ether oxygens (including phenoxy) is 4. The van der Waals surface area contributed by atoms with Crippen LogP contribution in [0.15, 0.2) is 53.5 Å². The minimum atomic E-state index is -0.420. The summed E-state index contributed by atoms with van der Waals surface area (Å²) in [5, 5.41) is 4.01. The van der Waals surface area contributed by atoms with Gasteiger partial charge in [0.25, 0.3) is 5.91 Å². The molecule has 1 aliphatic rings. The smallest absolute Gasteiger partial charge is 0.257 e. The summed E-state index contributed by atoms with van der Waals surface area (Å²) in [6.07, 6.45) is 1.63. The Labute approximate surface area is 233 Å². The van der Waals surface area contributed by atoms with Crippen LogP contribution in [0.4, 0.5) is 0 Å². The Morgan fingerprint density at radius 2 is 1.67 bits per heavy atom. The van der Waals surface area contributed by atoms with E-state index < -0.39 is 5.91 Å². The summed E-state index contributed by atoms with van der Waals surface area (Å²) < 4.78 is 23.5. The Morgan fingerprint density at radius 3 is 2.41 bits per heavy atom. The minimum absolute atomic E-state index is 0.0999. The van der Waals surface area contributed by atoms with Crippen molar-refractivity contribution in [1.29, 1.82) is 0 Å². The molecule has 9 nitrogen and oxygen atoms in total. The average Bonchev–Trinajstić information content (AvgIpc) is 2.95. The Morgan fingerprint density at radius 1 is 0.974 bits per heavy atom. The van der Waals surface area contributed by atoms with Crippen LogP contribution in [0.3, 0.4) is 0 Å². The van der Waals surface area contributed by atoms with Crippen LogP contribution in [-0.4, -0.2) is 81.8 Å². The Balaban J connectivity index is 1.52. The van der Waals surface area contributed by atoms with E-state index in [1.807, 2.05) is 34.9 Å². The third-order valence-electron chi connectivity index (χ3n) is 6.55. The van der Waals surface area contributed by atoms with E-state index in [0.717, 1.165) is 36.3 Å². The van der Waals surface area contributed by atoms with Crippen molar-refractivity contribution in [1.82, 2.24) is 14.8 Å². The average molecular weight is 558 g/mol. The molecule has 2 aromatic carbocycles. The van der Waals surface area contributed by atoms with Crippen molar-refractivity contribution in [2.75, 3.05) is 66.4 Å². The van der Waals surface area contributed by atoms with Gasteiger partial charge in [-0.05, 0) is 35.4 Å². The predicted octanol–water partition coefficient (Wildman–Crippen LogP) is 3.10. The summed E-state index contributed by atoms with van der Waals surface area (Å²) in [5.41, 5.74) is 2.49. The van der Waals surface area contributed by atoms with Gasteiger partial charge in [-0.2, -0.15) is 0 Å². The zero-order valence-corrected chi connectivity index (χ0v) is 23.1. The van der Waals surface area contributed by atoms with Crippen molar-refractivity contribution in [3.05, 3.63) is 80.6 Å². The third-order valence-corrected chi connectivity index (χ3v) is 6.80. The molecule has 0 atom stereocenters. The maximum absolute atomic E-state index is 13.5. The molecule has 1 N–H and O–H groups in total. The van der Waals surface area contributed by atoms with Gasteiger partial charge in [0.1, 0.15) is 5.56 Å². The van der Waals surface area contributed by atoms with Crippen molar-refractivity contribution < 1.29 is 23.7 Å². The first-order valence-electron chi connectivity index (χ1n) is 13.2. The Bertz CT molecular complexity index is 1270. The highest BCUT2D eigenvalue weighted by molar-refractivity contribution is 6.30. The SMILES string of the molecule is COCCOCCOCCn1cc(C(=O)NCc2ccc(Cl)cc2)c(=O)c2cc(CN3CCOCC3)ccc21. The number of morpholine rings is 1. The van der Waals surface area contributed by atoms with Crippen molar-refractivity contribution in [3.63, 3.8) is 0 Å². The topological polar surface area (TPSA) is 91.3 Å². The zero-order valence-electron chi connectivity index (χ0n) is 22.3. The number of rotatable bonds is 14. The van der Waals surface area contributed by atoms with E-state index in [1.165, 1.54) is 0 Å². The van der Waals surface area contributed by atoms with Crippen LogP contribution < -0.4 is 10.7 Å².